The number of anilines is 3. The van der Waals surface area contributed by atoms with Crippen molar-refractivity contribution in [3.8, 4) is 0 Å². The van der Waals surface area contributed by atoms with Gasteiger partial charge in [0.2, 0.25) is 5.95 Å². The predicted molar refractivity (Wildman–Crippen MR) is 100 cm³/mol. The van der Waals surface area contributed by atoms with Crippen LogP contribution in [0.25, 0.3) is 0 Å². The van der Waals surface area contributed by atoms with Crippen molar-refractivity contribution in [3.05, 3.63) is 78.1 Å². The van der Waals surface area contributed by atoms with E-state index in [0.29, 0.717) is 11.6 Å². The zero-order chi connectivity index (χ0) is 17.6. The standard InChI is InChI=1S/C20H20N4O/c1-3-15-9-11-16(12-10-15)22-19(25)18-13-14-21-20(23-18)24(2)17-7-5-4-6-8-17/h4-14H,3H2,1-2H3,(H,22,25). The van der Waals surface area contributed by atoms with E-state index in [1.165, 1.54) is 5.56 Å². The summed E-state index contributed by atoms with van der Waals surface area (Å²) in [5, 5.41) is 2.87. The number of aryl methyl sites for hydroxylation is 1. The van der Waals surface area contributed by atoms with E-state index in [4.69, 9.17) is 0 Å². The van der Waals surface area contributed by atoms with Crippen LogP contribution in [0, 0.1) is 0 Å². The van der Waals surface area contributed by atoms with Gasteiger partial charge in [-0.3, -0.25) is 4.79 Å². The normalized spacial score (nSPS) is 10.3. The monoisotopic (exact) mass is 332 g/mol. The fraction of sp³-hybridized carbons (Fsp3) is 0.150. The number of benzene rings is 2. The second kappa shape index (κ2) is 7.57. The van der Waals surface area contributed by atoms with Crippen molar-refractivity contribution in [2.45, 2.75) is 13.3 Å². The van der Waals surface area contributed by atoms with Crippen molar-refractivity contribution >= 4 is 23.2 Å². The Morgan fingerprint density at radius 2 is 1.76 bits per heavy atom. The molecule has 25 heavy (non-hydrogen) atoms. The molecule has 0 radical (unpaired) electrons. The van der Waals surface area contributed by atoms with E-state index >= 15 is 0 Å². The topological polar surface area (TPSA) is 58.1 Å². The second-order valence-electron chi connectivity index (χ2n) is 5.64. The first-order valence-corrected chi connectivity index (χ1v) is 8.19. The molecule has 0 atom stereocenters. The fourth-order valence-corrected chi connectivity index (χ4v) is 2.42. The molecular formula is C20H20N4O. The smallest absolute Gasteiger partial charge is 0.274 e. The number of para-hydroxylation sites is 1. The van der Waals surface area contributed by atoms with Crippen LogP contribution in [-0.2, 0) is 6.42 Å². The van der Waals surface area contributed by atoms with Gasteiger partial charge < -0.3 is 10.2 Å². The first-order valence-electron chi connectivity index (χ1n) is 8.19. The first-order chi connectivity index (χ1) is 12.2. The number of hydrogen-bond acceptors (Lipinski definition) is 4. The predicted octanol–water partition coefficient (Wildman–Crippen LogP) is 4.06. The number of amides is 1. The summed E-state index contributed by atoms with van der Waals surface area (Å²) in [4.78, 5) is 22.9. The molecule has 126 valence electrons. The van der Waals surface area contributed by atoms with Crippen LogP contribution in [0.4, 0.5) is 17.3 Å². The molecule has 0 fully saturated rings. The molecule has 0 aliphatic carbocycles. The van der Waals surface area contributed by atoms with Crippen LogP contribution < -0.4 is 10.2 Å². The van der Waals surface area contributed by atoms with Gasteiger partial charge in [0, 0.05) is 24.6 Å². The fourth-order valence-electron chi connectivity index (χ4n) is 2.42. The Kier molecular flexibility index (Phi) is 5.04. The molecule has 2 aromatic carbocycles. The highest BCUT2D eigenvalue weighted by Gasteiger charge is 2.12. The molecular weight excluding hydrogens is 312 g/mol. The molecule has 0 spiro atoms. The minimum absolute atomic E-state index is 0.255. The van der Waals surface area contributed by atoms with Crippen molar-refractivity contribution in [1.82, 2.24) is 9.97 Å². The molecule has 1 heterocycles. The number of nitrogens with zero attached hydrogens (tertiary/aromatic N) is 3. The Labute approximate surface area is 147 Å². The second-order valence-corrected chi connectivity index (χ2v) is 5.64. The molecule has 0 aliphatic rings. The lowest BCUT2D eigenvalue weighted by atomic mass is 10.1. The summed E-state index contributed by atoms with van der Waals surface area (Å²) in [7, 11) is 1.87. The number of hydrogen-bond donors (Lipinski definition) is 1. The minimum atomic E-state index is -0.255. The van der Waals surface area contributed by atoms with E-state index in [2.05, 4.69) is 22.2 Å². The van der Waals surface area contributed by atoms with Gasteiger partial charge in [0.1, 0.15) is 5.69 Å². The highest BCUT2D eigenvalue weighted by Crippen LogP contribution is 2.19. The van der Waals surface area contributed by atoms with Crippen LogP contribution in [0.3, 0.4) is 0 Å². The van der Waals surface area contributed by atoms with E-state index in [9.17, 15) is 4.79 Å². The summed E-state index contributed by atoms with van der Waals surface area (Å²) < 4.78 is 0. The minimum Gasteiger partial charge on any atom is -0.321 e. The van der Waals surface area contributed by atoms with Crippen LogP contribution in [0.2, 0.25) is 0 Å². The molecule has 0 saturated heterocycles. The molecule has 5 heteroatoms. The summed E-state index contributed by atoms with van der Waals surface area (Å²) in [5.74, 6) is 0.217. The largest absolute Gasteiger partial charge is 0.321 e. The van der Waals surface area contributed by atoms with Crippen molar-refractivity contribution in [2.24, 2.45) is 0 Å². The first kappa shape index (κ1) is 16.6. The van der Waals surface area contributed by atoms with Gasteiger partial charge in [-0.25, -0.2) is 9.97 Å². The van der Waals surface area contributed by atoms with Crippen molar-refractivity contribution < 1.29 is 4.79 Å². The van der Waals surface area contributed by atoms with E-state index in [0.717, 1.165) is 17.8 Å². The van der Waals surface area contributed by atoms with Crippen molar-refractivity contribution in [3.63, 3.8) is 0 Å². The molecule has 1 aromatic heterocycles. The molecule has 0 unspecified atom stereocenters. The third-order valence-corrected chi connectivity index (χ3v) is 3.94. The van der Waals surface area contributed by atoms with Crippen LogP contribution in [0.1, 0.15) is 23.0 Å². The van der Waals surface area contributed by atoms with Crippen LogP contribution >= 0.6 is 0 Å². The van der Waals surface area contributed by atoms with Crippen LogP contribution in [-0.4, -0.2) is 22.9 Å². The summed E-state index contributed by atoms with van der Waals surface area (Å²) in [5.41, 5.74) is 3.26. The molecule has 1 N–H and O–H groups in total. The van der Waals surface area contributed by atoms with Gasteiger partial charge >= 0.3 is 0 Å². The van der Waals surface area contributed by atoms with Crippen molar-refractivity contribution in [1.29, 1.82) is 0 Å². The quantitative estimate of drug-likeness (QED) is 0.765. The zero-order valence-corrected chi connectivity index (χ0v) is 14.3. The molecule has 3 aromatic rings. The SMILES string of the molecule is CCc1ccc(NC(=O)c2ccnc(N(C)c3ccccc3)n2)cc1. The average Bonchev–Trinajstić information content (AvgIpc) is 2.68. The summed E-state index contributed by atoms with van der Waals surface area (Å²) in [6.45, 7) is 2.10. The van der Waals surface area contributed by atoms with Gasteiger partial charge in [0.25, 0.3) is 5.91 Å². The number of carbonyl (C=O) groups excluding carboxylic acids is 1. The number of rotatable bonds is 5. The van der Waals surface area contributed by atoms with Crippen molar-refractivity contribution in [2.75, 3.05) is 17.3 Å². The number of carbonyl (C=O) groups is 1. The van der Waals surface area contributed by atoms with E-state index in [1.54, 1.807) is 12.3 Å². The Balaban J connectivity index is 1.77. The molecule has 5 nitrogen and oxygen atoms in total. The Morgan fingerprint density at radius 1 is 1.04 bits per heavy atom. The summed E-state index contributed by atoms with van der Waals surface area (Å²) in [6.07, 6.45) is 2.56. The summed E-state index contributed by atoms with van der Waals surface area (Å²) >= 11 is 0. The van der Waals surface area contributed by atoms with Gasteiger partial charge in [-0.2, -0.15) is 0 Å². The highest BCUT2D eigenvalue weighted by atomic mass is 16.1. The van der Waals surface area contributed by atoms with Gasteiger partial charge in [-0.05, 0) is 42.3 Å². The van der Waals surface area contributed by atoms with Gasteiger partial charge in [-0.15, -0.1) is 0 Å². The average molecular weight is 332 g/mol. The third kappa shape index (κ3) is 4.01. The van der Waals surface area contributed by atoms with Gasteiger partial charge in [0.05, 0.1) is 0 Å². The summed E-state index contributed by atoms with van der Waals surface area (Å²) in [6, 6.07) is 19.2. The lowest BCUT2D eigenvalue weighted by molar-refractivity contribution is 0.102. The zero-order valence-electron chi connectivity index (χ0n) is 14.3. The Hall–Kier alpha value is -3.21. The maximum atomic E-state index is 12.5. The van der Waals surface area contributed by atoms with E-state index in [-0.39, 0.29) is 5.91 Å². The van der Waals surface area contributed by atoms with Crippen LogP contribution in [0.5, 0.6) is 0 Å². The Morgan fingerprint density at radius 3 is 2.44 bits per heavy atom. The molecule has 0 bridgehead atoms. The number of aromatic nitrogens is 2. The van der Waals surface area contributed by atoms with Crippen LogP contribution in [0.15, 0.2) is 66.9 Å². The molecule has 1 amide bonds. The molecule has 3 rings (SSSR count). The lowest BCUT2D eigenvalue weighted by Crippen LogP contribution is -2.18. The van der Waals surface area contributed by atoms with Gasteiger partial charge in [0.15, 0.2) is 0 Å². The Bertz CT molecular complexity index is 847. The maximum Gasteiger partial charge on any atom is 0.274 e. The van der Waals surface area contributed by atoms with E-state index < -0.39 is 0 Å². The van der Waals surface area contributed by atoms with E-state index in [1.807, 2.05) is 66.5 Å². The third-order valence-electron chi connectivity index (χ3n) is 3.94. The highest BCUT2D eigenvalue weighted by molar-refractivity contribution is 6.03. The molecule has 0 saturated carbocycles. The number of nitrogens with one attached hydrogen (secondary N) is 1. The maximum absolute atomic E-state index is 12.5. The van der Waals surface area contributed by atoms with Gasteiger partial charge in [-0.1, -0.05) is 37.3 Å². The molecule has 0 aliphatic heterocycles. The lowest BCUT2D eigenvalue weighted by Gasteiger charge is -2.17.